The van der Waals surface area contributed by atoms with Gasteiger partial charge in [0, 0.05) is 0 Å². The molecule has 0 saturated carbocycles. The molecule has 0 aromatic carbocycles. The molecule has 0 unspecified atom stereocenters. The molecule has 0 nitrogen and oxygen atoms in total. The van der Waals surface area contributed by atoms with Gasteiger partial charge in [-0.25, -0.2) is 0 Å². The van der Waals surface area contributed by atoms with Crippen molar-refractivity contribution in [2.75, 3.05) is 0 Å². The summed E-state index contributed by atoms with van der Waals surface area (Å²) in [5, 5.41) is 0. The van der Waals surface area contributed by atoms with Gasteiger partial charge in [-0.2, -0.15) is 19.3 Å². The minimum atomic E-state index is 0. The second-order valence-corrected chi connectivity index (χ2v) is 1.81. The van der Waals surface area contributed by atoms with Gasteiger partial charge in [0.15, 0.2) is 0 Å². The summed E-state index contributed by atoms with van der Waals surface area (Å²) in [5.41, 5.74) is 0. The molecule has 1 heteroatoms. The van der Waals surface area contributed by atoms with Gasteiger partial charge in [0.1, 0.15) is 0 Å². The third-order valence-corrected chi connectivity index (χ3v) is 0.992. The van der Waals surface area contributed by atoms with E-state index in [1.165, 1.54) is 12.8 Å². The molecule has 0 rings (SSSR count). The molecule has 0 heterocycles. The standard InChI is InChI=1S/C8H14.Zn/c1-3-5-7-8-6-4-2;/h3,7H,1-2,4-6,8H2;/q-2;+2. The van der Waals surface area contributed by atoms with E-state index >= 15 is 0 Å². The number of unbranched alkanes of at least 4 members (excludes halogenated alkanes) is 4. The molecule has 0 aromatic heterocycles. The van der Waals surface area contributed by atoms with Crippen LogP contribution in [-0.4, -0.2) is 0 Å². The van der Waals surface area contributed by atoms with Gasteiger partial charge in [0.2, 0.25) is 0 Å². The van der Waals surface area contributed by atoms with Crippen LogP contribution in [0, 0.1) is 13.3 Å². The van der Waals surface area contributed by atoms with Gasteiger partial charge in [0.05, 0.1) is 0 Å². The molecule has 0 aliphatic carbocycles. The van der Waals surface area contributed by atoms with E-state index in [-0.39, 0.29) is 19.5 Å². The fraction of sp³-hybridized carbons (Fsp3) is 0.500. The van der Waals surface area contributed by atoms with Gasteiger partial charge in [0.25, 0.3) is 0 Å². The van der Waals surface area contributed by atoms with Crippen molar-refractivity contribution in [1.29, 1.82) is 0 Å². The van der Waals surface area contributed by atoms with Crippen LogP contribution in [0.25, 0.3) is 0 Å². The summed E-state index contributed by atoms with van der Waals surface area (Å²) < 4.78 is 0. The Morgan fingerprint density at radius 1 is 1.56 bits per heavy atom. The predicted molar refractivity (Wildman–Crippen MR) is 38.3 cm³/mol. The largest absolute Gasteiger partial charge is 2.00 e. The Bertz CT molecular complexity index is 50.5. The van der Waals surface area contributed by atoms with Crippen molar-refractivity contribution in [2.24, 2.45) is 0 Å². The molecule has 9 heavy (non-hydrogen) atoms. The Balaban J connectivity index is 0. The predicted octanol–water partition coefficient (Wildman–Crippen LogP) is 2.77. The van der Waals surface area contributed by atoms with Crippen LogP contribution in [0.3, 0.4) is 0 Å². The first-order valence-corrected chi connectivity index (χ1v) is 3.13. The number of hydrogen-bond acceptors (Lipinski definition) is 0. The molecular weight excluding hydrogens is 161 g/mol. The Morgan fingerprint density at radius 2 is 2.22 bits per heavy atom. The summed E-state index contributed by atoms with van der Waals surface area (Å²) in [6.07, 6.45) is 8.65. The molecule has 0 atom stereocenters. The minimum Gasteiger partial charge on any atom is -0.343 e. The smallest absolute Gasteiger partial charge is 0.343 e. The summed E-state index contributed by atoms with van der Waals surface area (Å²) in [7, 11) is 0. The van der Waals surface area contributed by atoms with Crippen LogP contribution in [0.1, 0.15) is 25.7 Å². The second-order valence-electron chi connectivity index (χ2n) is 1.81. The summed E-state index contributed by atoms with van der Waals surface area (Å²) in [5.74, 6) is 0. The number of allylic oxidation sites excluding steroid dienone is 1. The van der Waals surface area contributed by atoms with Crippen LogP contribution < -0.4 is 0 Å². The van der Waals surface area contributed by atoms with E-state index in [0.717, 1.165) is 12.8 Å². The van der Waals surface area contributed by atoms with E-state index in [4.69, 9.17) is 0 Å². The Hall–Kier alpha value is 0.363. The van der Waals surface area contributed by atoms with Crippen LogP contribution in [0.2, 0.25) is 0 Å². The van der Waals surface area contributed by atoms with Crippen molar-refractivity contribution in [3.63, 3.8) is 0 Å². The quantitative estimate of drug-likeness (QED) is 0.261. The van der Waals surface area contributed by atoms with Crippen LogP contribution in [0.4, 0.5) is 0 Å². The molecule has 0 saturated heterocycles. The van der Waals surface area contributed by atoms with E-state index in [1.807, 2.05) is 6.08 Å². The van der Waals surface area contributed by atoms with E-state index in [9.17, 15) is 0 Å². The van der Waals surface area contributed by atoms with Gasteiger partial charge in [-0.3, -0.25) is 0 Å². The van der Waals surface area contributed by atoms with Gasteiger partial charge < -0.3 is 13.3 Å². The first-order chi connectivity index (χ1) is 3.91. The molecule has 0 aliphatic rings. The zero-order valence-electron chi connectivity index (χ0n) is 6.10. The Morgan fingerprint density at radius 3 is 2.67 bits per heavy atom. The third-order valence-electron chi connectivity index (χ3n) is 0.992. The molecule has 0 amide bonds. The number of hydrogen-bond donors (Lipinski definition) is 0. The van der Waals surface area contributed by atoms with Gasteiger partial charge in [-0.05, 0) is 0 Å². The van der Waals surface area contributed by atoms with Gasteiger partial charge >= 0.3 is 19.5 Å². The third kappa shape index (κ3) is 11.8. The fourth-order valence-corrected chi connectivity index (χ4v) is 0.524. The first-order valence-electron chi connectivity index (χ1n) is 3.13. The summed E-state index contributed by atoms with van der Waals surface area (Å²) in [6.45, 7) is 7.35. The monoisotopic (exact) mass is 174 g/mol. The van der Waals surface area contributed by atoms with Crippen LogP contribution in [-0.2, 0) is 19.5 Å². The molecule has 0 spiro atoms. The maximum absolute atomic E-state index is 3.74. The SMILES string of the molecule is C=CC[CH-]CCC[CH2-].[Zn+2]. The average Bonchev–Trinajstić information content (AvgIpc) is 1.81. The molecule has 0 bridgehead atoms. The summed E-state index contributed by atoms with van der Waals surface area (Å²) in [4.78, 5) is 0. The molecular formula is C8H14Zn. The van der Waals surface area contributed by atoms with Gasteiger partial charge in [-0.15, -0.1) is 19.1 Å². The van der Waals surface area contributed by atoms with Gasteiger partial charge in [-0.1, -0.05) is 0 Å². The zero-order chi connectivity index (χ0) is 6.24. The fourth-order valence-electron chi connectivity index (χ4n) is 0.524. The Labute approximate surface area is 71.5 Å². The van der Waals surface area contributed by atoms with Crippen LogP contribution in [0.15, 0.2) is 12.7 Å². The van der Waals surface area contributed by atoms with Crippen molar-refractivity contribution in [3.8, 4) is 0 Å². The number of rotatable bonds is 5. The molecule has 0 radical (unpaired) electrons. The maximum Gasteiger partial charge on any atom is 2.00 e. The van der Waals surface area contributed by atoms with Crippen LogP contribution >= 0.6 is 0 Å². The van der Waals surface area contributed by atoms with Crippen LogP contribution in [0.5, 0.6) is 0 Å². The van der Waals surface area contributed by atoms with Crippen molar-refractivity contribution < 1.29 is 19.5 Å². The first kappa shape index (κ1) is 12.1. The Kier molecular flexibility index (Phi) is 15.0. The summed E-state index contributed by atoms with van der Waals surface area (Å²) in [6, 6.07) is 0. The van der Waals surface area contributed by atoms with E-state index in [1.54, 1.807) is 0 Å². The molecule has 0 aromatic rings. The van der Waals surface area contributed by atoms with Crippen molar-refractivity contribution >= 4 is 0 Å². The summed E-state index contributed by atoms with van der Waals surface area (Å²) >= 11 is 0. The van der Waals surface area contributed by atoms with Crippen molar-refractivity contribution in [3.05, 3.63) is 26.0 Å². The topological polar surface area (TPSA) is 0 Å². The molecule has 48 valence electrons. The normalized spacial score (nSPS) is 8.11. The molecule has 0 fully saturated rings. The minimum absolute atomic E-state index is 0. The zero-order valence-corrected chi connectivity index (χ0v) is 9.07. The van der Waals surface area contributed by atoms with E-state index in [0.29, 0.717) is 0 Å². The van der Waals surface area contributed by atoms with E-state index < -0.39 is 0 Å². The molecule has 0 aliphatic heterocycles. The second kappa shape index (κ2) is 11.2. The molecule has 0 N–H and O–H groups in total. The maximum atomic E-state index is 3.74. The van der Waals surface area contributed by atoms with Crippen molar-refractivity contribution in [2.45, 2.75) is 25.7 Å². The van der Waals surface area contributed by atoms with E-state index in [2.05, 4.69) is 19.9 Å². The van der Waals surface area contributed by atoms with Crippen molar-refractivity contribution in [1.82, 2.24) is 0 Å². The average molecular weight is 176 g/mol.